The van der Waals surface area contributed by atoms with E-state index in [2.05, 4.69) is 15.2 Å². The van der Waals surface area contributed by atoms with Crippen molar-refractivity contribution in [3.8, 4) is 11.1 Å². The van der Waals surface area contributed by atoms with E-state index in [9.17, 15) is 9.18 Å². The molecule has 132 valence electrons. The molecule has 3 heterocycles. The van der Waals surface area contributed by atoms with Gasteiger partial charge in [0.15, 0.2) is 5.65 Å². The second-order valence-corrected chi connectivity index (χ2v) is 6.68. The van der Waals surface area contributed by atoms with Crippen molar-refractivity contribution in [2.24, 2.45) is 7.05 Å². The Bertz CT molecular complexity index is 1220. The molecule has 0 bridgehead atoms. The first-order valence-electron chi connectivity index (χ1n) is 8.39. The fourth-order valence-electron chi connectivity index (χ4n) is 3.38. The molecule has 0 fully saturated rings. The van der Waals surface area contributed by atoms with E-state index in [1.807, 2.05) is 32.0 Å². The third-order valence-corrected chi connectivity index (χ3v) is 4.65. The number of pyridine rings is 1. The lowest BCUT2D eigenvalue weighted by molar-refractivity contribution is 0.580. The van der Waals surface area contributed by atoms with Gasteiger partial charge in [-0.05, 0) is 50.6 Å². The van der Waals surface area contributed by atoms with Gasteiger partial charge in [0.05, 0.1) is 5.52 Å². The lowest BCUT2D eigenvalue weighted by Crippen LogP contribution is -2.23. The molecule has 0 amide bonds. The highest BCUT2D eigenvalue weighted by Gasteiger charge is 2.18. The Morgan fingerprint density at radius 2 is 1.88 bits per heavy atom. The number of fused-ring (bicyclic) bond motifs is 3. The molecule has 4 rings (SSSR count). The molecule has 0 aliphatic heterocycles. The largest absolute Gasteiger partial charge is 0.330 e. The average Bonchev–Trinajstić information content (AvgIpc) is 2.86. The molecule has 3 aromatic heterocycles. The third kappa shape index (κ3) is 2.31. The highest BCUT2D eigenvalue weighted by atomic mass is 19.1. The van der Waals surface area contributed by atoms with E-state index in [4.69, 9.17) is 0 Å². The predicted molar refractivity (Wildman–Crippen MR) is 98.6 cm³/mol. The van der Waals surface area contributed by atoms with Crippen molar-refractivity contribution in [3.05, 3.63) is 52.5 Å². The summed E-state index contributed by atoms with van der Waals surface area (Å²) in [5, 5.41) is 9.33. The maximum absolute atomic E-state index is 13.3. The van der Waals surface area contributed by atoms with Gasteiger partial charge in [0, 0.05) is 29.7 Å². The Kier molecular flexibility index (Phi) is 3.61. The van der Waals surface area contributed by atoms with Gasteiger partial charge in [-0.3, -0.25) is 9.13 Å². The lowest BCUT2D eigenvalue weighted by Gasteiger charge is -2.10. The average molecular weight is 351 g/mol. The van der Waals surface area contributed by atoms with Gasteiger partial charge in [0.1, 0.15) is 5.52 Å². The van der Waals surface area contributed by atoms with Crippen molar-refractivity contribution >= 4 is 22.1 Å². The number of hydrogen-bond donors (Lipinski definition) is 0. The van der Waals surface area contributed by atoms with Gasteiger partial charge in [0.2, 0.25) is 5.95 Å². The zero-order chi connectivity index (χ0) is 18.6. The van der Waals surface area contributed by atoms with Crippen LogP contribution in [0.5, 0.6) is 0 Å². The van der Waals surface area contributed by atoms with E-state index in [0.717, 1.165) is 22.0 Å². The van der Waals surface area contributed by atoms with Crippen molar-refractivity contribution < 1.29 is 4.39 Å². The van der Waals surface area contributed by atoms with Gasteiger partial charge in [-0.2, -0.15) is 4.39 Å². The fraction of sp³-hybridized carbons (Fsp3) is 0.263. The van der Waals surface area contributed by atoms with Crippen molar-refractivity contribution in [2.45, 2.75) is 26.8 Å². The molecule has 1 aromatic carbocycles. The van der Waals surface area contributed by atoms with E-state index in [1.54, 1.807) is 24.6 Å². The van der Waals surface area contributed by atoms with E-state index in [1.165, 1.54) is 10.6 Å². The molecule has 0 spiro atoms. The lowest BCUT2D eigenvalue weighted by atomic mass is 10.0. The summed E-state index contributed by atoms with van der Waals surface area (Å²) in [5.74, 6) is -0.503. The van der Waals surface area contributed by atoms with Gasteiger partial charge < -0.3 is 0 Å². The molecule has 0 saturated heterocycles. The van der Waals surface area contributed by atoms with Crippen molar-refractivity contribution in [2.75, 3.05) is 0 Å². The van der Waals surface area contributed by atoms with Crippen LogP contribution in [0.2, 0.25) is 0 Å². The molecule has 0 saturated carbocycles. The Labute approximate surface area is 148 Å². The second kappa shape index (κ2) is 5.72. The van der Waals surface area contributed by atoms with Crippen molar-refractivity contribution in [1.82, 2.24) is 24.3 Å². The first-order chi connectivity index (χ1) is 12.4. The van der Waals surface area contributed by atoms with Crippen LogP contribution >= 0.6 is 0 Å². The van der Waals surface area contributed by atoms with Gasteiger partial charge in [0.25, 0.3) is 0 Å². The maximum atomic E-state index is 13.3. The Hall–Kier alpha value is -3.09. The number of aryl methyl sites for hydroxylation is 2. The van der Waals surface area contributed by atoms with Crippen molar-refractivity contribution in [3.63, 3.8) is 0 Å². The number of imidazole rings is 1. The molecule has 7 heteroatoms. The van der Waals surface area contributed by atoms with Crippen LogP contribution in [-0.4, -0.2) is 24.3 Å². The van der Waals surface area contributed by atoms with Crippen molar-refractivity contribution in [1.29, 1.82) is 0 Å². The first kappa shape index (κ1) is 16.4. The molecule has 6 nitrogen and oxygen atoms in total. The Morgan fingerprint density at radius 1 is 1.12 bits per heavy atom. The van der Waals surface area contributed by atoms with Crippen LogP contribution in [0.15, 0.2) is 35.1 Å². The summed E-state index contributed by atoms with van der Waals surface area (Å²) in [6.45, 7) is 5.70. The summed E-state index contributed by atoms with van der Waals surface area (Å²) >= 11 is 0. The third-order valence-electron chi connectivity index (χ3n) is 4.65. The summed E-state index contributed by atoms with van der Waals surface area (Å²) in [6.07, 6.45) is 0. The summed E-state index contributed by atoms with van der Waals surface area (Å²) in [7, 11) is 1.70. The van der Waals surface area contributed by atoms with Gasteiger partial charge in [-0.25, -0.2) is 9.78 Å². The van der Waals surface area contributed by atoms with Crippen LogP contribution in [0.3, 0.4) is 0 Å². The normalized spacial score (nSPS) is 11.8. The molecule has 0 atom stereocenters. The van der Waals surface area contributed by atoms with Gasteiger partial charge in [-0.15, -0.1) is 10.2 Å². The number of benzene rings is 1. The van der Waals surface area contributed by atoms with Gasteiger partial charge in [-0.1, -0.05) is 6.07 Å². The molecular weight excluding hydrogens is 333 g/mol. The minimum atomic E-state index is -0.503. The molecular formula is C19H18FN5O. The van der Waals surface area contributed by atoms with Crippen LogP contribution in [0, 0.1) is 12.9 Å². The molecule has 26 heavy (non-hydrogen) atoms. The monoisotopic (exact) mass is 351 g/mol. The van der Waals surface area contributed by atoms with E-state index < -0.39 is 5.95 Å². The fourth-order valence-corrected chi connectivity index (χ4v) is 3.38. The van der Waals surface area contributed by atoms with E-state index >= 15 is 0 Å². The number of rotatable bonds is 2. The molecule has 0 radical (unpaired) electrons. The molecule has 4 aromatic rings. The SMILES string of the molecule is Cc1nc(F)ccc1-c1ccc2nnc3c(c2c1)n(C(C)C)c(=O)n3C. The van der Waals surface area contributed by atoms with Crippen LogP contribution in [-0.2, 0) is 7.05 Å². The minimum Gasteiger partial charge on any atom is -0.287 e. The summed E-state index contributed by atoms with van der Waals surface area (Å²) in [4.78, 5) is 16.5. The summed E-state index contributed by atoms with van der Waals surface area (Å²) < 4.78 is 16.6. The number of halogens is 1. The second-order valence-electron chi connectivity index (χ2n) is 6.68. The Morgan fingerprint density at radius 3 is 2.58 bits per heavy atom. The first-order valence-corrected chi connectivity index (χ1v) is 8.39. The van der Waals surface area contributed by atoms with E-state index in [0.29, 0.717) is 16.9 Å². The molecule has 0 aliphatic carbocycles. The quantitative estimate of drug-likeness (QED) is 0.519. The summed E-state index contributed by atoms with van der Waals surface area (Å²) in [6, 6.07) is 8.78. The molecule has 0 unspecified atom stereocenters. The van der Waals surface area contributed by atoms with Crippen LogP contribution < -0.4 is 5.69 Å². The van der Waals surface area contributed by atoms with Gasteiger partial charge >= 0.3 is 5.69 Å². The number of hydrogen-bond acceptors (Lipinski definition) is 4. The van der Waals surface area contributed by atoms with Crippen LogP contribution in [0.25, 0.3) is 33.2 Å². The van der Waals surface area contributed by atoms with E-state index in [-0.39, 0.29) is 11.7 Å². The van der Waals surface area contributed by atoms with Crippen LogP contribution in [0.1, 0.15) is 25.6 Å². The topological polar surface area (TPSA) is 65.6 Å². The van der Waals surface area contributed by atoms with Crippen LogP contribution in [0.4, 0.5) is 4.39 Å². The predicted octanol–water partition coefficient (Wildman–Crippen LogP) is 3.37. The molecule has 0 N–H and O–H groups in total. The maximum Gasteiger partial charge on any atom is 0.330 e. The minimum absolute atomic E-state index is 0.0171. The molecule has 0 aliphatic rings. The zero-order valence-electron chi connectivity index (χ0n) is 15.0. The standard InChI is InChI=1S/C19H18FN5O/c1-10(2)25-17-14-9-12(13-6-8-16(20)21-11(13)3)5-7-15(14)22-23-18(17)24(4)19(25)26/h5-10H,1-4H3. The smallest absolute Gasteiger partial charge is 0.287 e. The Balaban J connectivity index is 2.10. The number of aromatic nitrogens is 5. The summed E-state index contributed by atoms with van der Waals surface area (Å²) in [5.41, 5.74) is 4.22. The zero-order valence-corrected chi connectivity index (χ0v) is 15.0. The highest BCUT2D eigenvalue weighted by molar-refractivity contribution is 6.02. The highest BCUT2D eigenvalue weighted by Crippen LogP contribution is 2.29. The number of nitrogens with zero attached hydrogens (tertiary/aromatic N) is 5.